The molecule has 2 aromatic carbocycles. The molecule has 0 unspecified atom stereocenters. The summed E-state index contributed by atoms with van der Waals surface area (Å²) in [6.45, 7) is 1.83. The summed E-state index contributed by atoms with van der Waals surface area (Å²) in [5, 5.41) is 11.0. The molecule has 8 heteroatoms. The Balaban J connectivity index is 1.87. The van der Waals surface area contributed by atoms with Crippen LogP contribution in [0.25, 0.3) is 16.7 Å². The summed E-state index contributed by atoms with van der Waals surface area (Å²) in [5.74, 6) is -0.373. The monoisotopic (exact) mass is 419 g/mol. The van der Waals surface area contributed by atoms with Crippen molar-refractivity contribution < 1.29 is 9.59 Å². The number of para-hydroxylation sites is 1. The van der Waals surface area contributed by atoms with E-state index in [0.29, 0.717) is 33.0 Å². The lowest BCUT2D eigenvalue weighted by atomic mass is 10.1. The predicted octanol–water partition coefficient (Wildman–Crippen LogP) is 3.99. The number of nitrogens with one attached hydrogen (secondary N) is 2. The Hall–Kier alpha value is -3.71. The van der Waals surface area contributed by atoms with Crippen LogP contribution in [0.4, 0.5) is 5.69 Å². The summed E-state index contributed by atoms with van der Waals surface area (Å²) in [6, 6.07) is 15.9. The highest BCUT2D eigenvalue weighted by atomic mass is 35.5. The fraction of sp³-hybridized carbons (Fsp3) is 0.0909. The minimum Gasteiger partial charge on any atom is -0.355 e. The number of fused-ring (bicyclic) bond motifs is 1. The van der Waals surface area contributed by atoms with Crippen molar-refractivity contribution in [3.05, 3.63) is 82.6 Å². The van der Waals surface area contributed by atoms with Crippen LogP contribution in [-0.2, 0) is 0 Å². The van der Waals surface area contributed by atoms with Crippen molar-refractivity contribution in [1.82, 2.24) is 20.1 Å². The number of nitrogens with zero attached hydrogens (tertiary/aromatic N) is 3. The van der Waals surface area contributed by atoms with Crippen LogP contribution in [0.15, 0.2) is 60.8 Å². The molecule has 0 bridgehead atoms. The Labute approximate surface area is 177 Å². The van der Waals surface area contributed by atoms with E-state index < -0.39 is 5.91 Å². The summed E-state index contributed by atoms with van der Waals surface area (Å²) < 4.78 is 1.43. The van der Waals surface area contributed by atoms with E-state index in [1.165, 1.54) is 4.68 Å². The van der Waals surface area contributed by atoms with Crippen molar-refractivity contribution in [2.24, 2.45) is 0 Å². The second kappa shape index (κ2) is 7.96. The van der Waals surface area contributed by atoms with Crippen LogP contribution in [0.5, 0.6) is 0 Å². The van der Waals surface area contributed by atoms with Gasteiger partial charge in [0.1, 0.15) is 5.69 Å². The Bertz CT molecular complexity index is 1280. The number of aryl methyl sites for hydroxylation is 1. The summed E-state index contributed by atoms with van der Waals surface area (Å²) in [6.07, 6.45) is 1.58. The molecule has 2 heterocycles. The van der Waals surface area contributed by atoms with Gasteiger partial charge in [0.2, 0.25) is 0 Å². The molecular weight excluding hydrogens is 402 g/mol. The predicted molar refractivity (Wildman–Crippen MR) is 116 cm³/mol. The van der Waals surface area contributed by atoms with Gasteiger partial charge in [-0.15, -0.1) is 0 Å². The number of carbonyl (C=O) groups is 2. The molecule has 2 amide bonds. The van der Waals surface area contributed by atoms with Gasteiger partial charge >= 0.3 is 0 Å². The normalized spacial score (nSPS) is 10.8. The first-order valence-electron chi connectivity index (χ1n) is 9.23. The lowest BCUT2D eigenvalue weighted by Crippen LogP contribution is -2.23. The molecule has 0 spiro atoms. The van der Waals surface area contributed by atoms with Crippen LogP contribution in [-0.4, -0.2) is 33.6 Å². The summed E-state index contributed by atoms with van der Waals surface area (Å²) in [5.41, 5.74) is 2.47. The highest BCUT2D eigenvalue weighted by Gasteiger charge is 2.23. The number of halogens is 1. The molecule has 0 atom stereocenters. The van der Waals surface area contributed by atoms with Crippen LogP contribution < -0.4 is 10.6 Å². The maximum Gasteiger partial charge on any atom is 0.275 e. The SMILES string of the molecule is CNC(=O)c1cccc(C)c1NC(=O)c1c2ccccc2nn1-c1ncccc1Cl. The van der Waals surface area contributed by atoms with Crippen molar-refractivity contribution in [3.63, 3.8) is 0 Å². The number of pyridine rings is 1. The van der Waals surface area contributed by atoms with Gasteiger partial charge in [-0.25, -0.2) is 9.67 Å². The topological polar surface area (TPSA) is 88.9 Å². The van der Waals surface area contributed by atoms with Crippen molar-refractivity contribution in [1.29, 1.82) is 0 Å². The van der Waals surface area contributed by atoms with Gasteiger partial charge in [-0.3, -0.25) is 9.59 Å². The Morgan fingerprint density at radius 2 is 1.80 bits per heavy atom. The van der Waals surface area contributed by atoms with E-state index >= 15 is 0 Å². The molecule has 4 aromatic rings. The van der Waals surface area contributed by atoms with Gasteiger partial charge in [-0.05, 0) is 36.8 Å². The second-order valence-corrected chi connectivity index (χ2v) is 7.02. The minimum absolute atomic E-state index is 0.275. The van der Waals surface area contributed by atoms with Crippen LogP contribution in [0.2, 0.25) is 5.02 Å². The van der Waals surface area contributed by atoms with E-state index in [0.717, 1.165) is 5.56 Å². The van der Waals surface area contributed by atoms with Crippen molar-refractivity contribution >= 4 is 40.0 Å². The number of carbonyl (C=O) groups excluding carboxylic acids is 2. The Morgan fingerprint density at radius 1 is 1.00 bits per heavy atom. The van der Waals surface area contributed by atoms with Crippen molar-refractivity contribution in [3.8, 4) is 5.82 Å². The summed E-state index contributed by atoms with van der Waals surface area (Å²) in [4.78, 5) is 30.0. The van der Waals surface area contributed by atoms with E-state index in [1.807, 2.05) is 37.3 Å². The molecule has 0 aliphatic carbocycles. The third-order valence-corrected chi connectivity index (χ3v) is 5.01. The molecule has 30 heavy (non-hydrogen) atoms. The van der Waals surface area contributed by atoms with E-state index in [-0.39, 0.29) is 11.6 Å². The van der Waals surface area contributed by atoms with Gasteiger partial charge in [0.15, 0.2) is 5.82 Å². The van der Waals surface area contributed by atoms with Crippen LogP contribution >= 0.6 is 11.6 Å². The molecule has 2 N–H and O–H groups in total. The largest absolute Gasteiger partial charge is 0.355 e. The molecule has 150 valence electrons. The molecular formula is C22H18ClN5O2. The number of hydrogen-bond acceptors (Lipinski definition) is 4. The summed E-state index contributed by atoms with van der Waals surface area (Å²) >= 11 is 6.33. The smallest absolute Gasteiger partial charge is 0.275 e. The van der Waals surface area contributed by atoms with Crippen molar-refractivity contribution in [2.75, 3.05) is 12.4 Å². The zero-order valence-corrected chi connectivity index (χ0v) is 17.1. The molecule has 4 rings (SSSR count). The number of rotatable bonds is 4. The fourth-order valence-electron chi connectivity index (χ4n) is 3.27. The first-order valence-corrected chi connectivity index (χ1v) is 9.60. The number of anilines is 1. The number of benzene rings is 2. The molecule has 2 aromatic heterocycles. The zero-order chi connectivity index (χ0) is 21.3. The van der Waals surface area contributed by atoms with E-state index in [2.05, 4.69) is 20.7 Å². The third-order valence-electron chi connectivity index (χ3n) is 4.72. The highest BCUT2D eigenvalue weighted by molar-refractivity contribution is 6.32. The van der Waals surface area contributed by atoms with Gasteiger partial charge in [0.05, 0.1) is 21.8 Å². The van der Waals surface area contributed by atoms with Gasteiger partial charge in [-0.1, -0.05) is 41.9 Å². The Kier molecular flexibility index (Phi) is 5.20. The number of hydrogen-bond donors (Lipinski definition) is 2. The first-order chi connectivity index (χ1) is 14.5. The average molecular weight is 420 g/mol. The molecule has 0 aliphatic rings. The van der Waals surface area contributed by atoms with Crippen LogP contribution in [0, 0.1) is 6.92 Å². The van der Waals surface area contributed by atoms with Gasteiger partial charge in [0, 0.05) is 18.6 Å². The minimum atomic E-state index is -0.426. The Morgan fingerprint density at radius 3 is 2.57 bits per heavy atom. The molecule has 0 aliphatic heterocycles. The van der Waals surface area contributed by atoms with Crippen LogP contribution in [0.3, 0.4) is 0 Å². The number of amides is 2. The van der Waals surface area contributed by atoms with Crippen LogP contribution in [0.1, 0.15) is 26.4 Å². The fourth-order valence-corrected chi connectivity index (χ4v) is 3.47. The van der Waals surface area contributed by atoms with Gasteiger partial charge in [-0.2, -0.15) is 5.10 Å². The van der Waals surface area contributed by atoms with E-state index in [1.54, 1.807) is 37.5 Å². The lowest BCUT2D eigenvalue weighted by Gasteiger charge is -2.14. The third kappa shape index (κ3) is 3.40. The average Bonchev–Trinajstić information content (AvgIpc) is 3.14. The zero-order valence-electron chi connectivity index (χ0n) is 16.3. The van der Waals surface area contributed by atoms with Crippen molar-refractivity contribution in [2.45, 2.75) is 6.92 Å². The molecule has 7 nitrogen and oxygen atoms in total. The summed E-state index contributed by atoms with van der Waals surface area (Å²) in [7, 11) is 1.54. The molecule has 0 saturated heterocycles. The maximum absolute atomic E-state index is 13.4. The van der Waals surface area contributed by atoms with Gasteiger partial charge < -0.3 is 10.6 Å². The van der Waals surface area contributed by atoms with Gasteiger partial charge in [0.25, 0.3) is 11.8 Å². The first kappa shape index (κ1) is 19.6. The molecule has 0 fully saturated rings. The van der Waals surface area contributed by atoms with E-state index in [4.69, 9.17) is 11.6 Å². The second-order valence-electron chi connectivity index (χ2n) is 6.62. The van der Waals surface area contributed by atoms with E-state index in [9.17, 15) is 9.59 Å². The molecule has 0 radical (unpaired) electrons. The molecule has 0 saturated carbocycles. The maximum atomic E-state index is 13.4. The highest BCUT2D eigenvalue weighted by Crippen LogP contribution is 2.27. The quantitative estimate of drug-likeness (QED) is 0.523. The number of aromatic nitrogens is 3. The lowest BCUT2D eigenvalue weighted by molar-refractivity contribution is 0.0964. The standard InChI is InChI=1S/C22H18ClN5O2/c1-13-7-5-9-15(21(29)24-2)18(13)26-22(30)19-14-8-3-4-11-17(14)27-28(19)20-16(23)10-6-12-25-20/h3-12H,1-2H3,(H,24,29)(H,26,30).